The van der Waals surface area contributed by atoms with Crippen molar-refractivity contribution in [3.8, 4) is 5.75 Å². The number of hydrogen-bond acceptors (Lipinski definition) is 3. The third-order valence-electron chi connectivity index (χ3n) is 3.09. The molecule has 1 aromatic carbocycles. The predicted octanol–water partition coefficient (Wildman–Crippen LogP) is 3.13. The first-order valence-corrected chi connectivity index (χ1v) is 6.38. The summed E-state index contributed by atoms with van der Waals surface area (Å²) in [6.45, 7) is 6.43. The molecule has 1 aliphatic rings. The summed E-state index contributed by atoms with van der Waals surface area (Å²) in [7, 11) is 0. The van der Waals surface area contributed by atoms with Crippen LogP contribution in [0.25, 0.3) is 0 Å². The number of rotatable bonds is 3. The molecular weight excluding hydrogens is 252 g/mol. The van der Waals surface area contributed by atoms with Crippen molar-refractivity contribution in [1.82, 2.24) is 0 Å². The molecule has 0 fully saturated rings. The standard InChI is InChI=1S/C13H17ClN2O2/c1-7(2)8(3)15-10-5-12-11(4-9(10)14)16-13(17)6-18-12/h4-5,7-8,15H,6H2,1-3H3,(H,16,17). The van der Waals surface area contributed by atoms with E-state index < -0.39 is 0 Å². The lowest BCUT2D eigenvalue weighted by molar-refractivity contribution is -0.118. The van der Waals surface area contributed by atoms with E-state index in [0.29, 0.717) is 28.4 Å². The summed E-state index contributed by atoms with van der Waals surface area (Å²) in [4.78, 5) is 11.2. The van der Waals surface area contributed by atoms with E-state index in [9.17, 15) is 4.79 Å². The van der Waals surface area contributed by atoms with Crippen molar-refractivity contribution < 1.29 is 9.53 Å². The maximum Gasteiger partial charge on any atom is 0.262 e. The zero-order valence-electron chi connectivity index (χ0n) is 10.7. The molecule has 2 rings (SSSR count). The summed E-state index contributed by atoms with van der Waals surface area (Å²) in [5.41, 5.74) is 1.45. The van der Waals surface area contributed by atoms with E-state index in [0.717, 1.165) is 5.69 Å². The van der Waals surface area contributed by atoms with Crippen LogP contribution in [0.5, 0.6) is 5.75 Å². The molecule has 1 amide bonds. The minimum absolute atomic E-state index is 0.0494. The van der Waals surface area contributed by atoms with Crippen molar-refractivity contribution >= 4 is 28.9 Å². The molecule has 0 radical (unpaired) electrons. The van der Waals surface area contributed by atoms with Crippen molar-refractivity contribution in [2.75, 3.05) is 17.2 Å². The fourth-order valence-corrected chi connectivity index (χ4v) is 1.84. The van der Waals surface area contributed by atoms with Crippen LogP contribution in [-0.4, -0.2) is 18.6 Å². The molecule has 1 aromatic rings. The van der Waals surface area contributed by atoms with E-state index in [4.69, 9.17) is 16.3 Å². The molecule has 2 N–H and O–H groups in total. The number of anilines is 2. The highest BCUT2D eigenvalue weighted by Gasteiger charge is 2.19. The van der Waals surface area contributed by atoms with Crippen molar-refractivity contribution in [3.63, 3.8) is 0 Å². The van der Waals surface area contributed by atoms with E-state index in [-0.39, 0.29) is 12.5 Å². The van der Waals surface area contributed by atoms with Gasteiger partial charge in [0, 0.05) is 12.1 Å². The second-order valence-corrected chi connectivity index (χ2v) is 5.25. The predicted molar refractivity (Wildman–Crippen MR) is 73.5 cm³/mol. The Kier molecular flexibility index (Phi) is 3.66. The maximum atomic E-state index is 11.2. The topological polar surface area (TPSA) is 50.4 Å². The molecule has 5 heteroatoms. The van der Waals surface area contributed by atoms with Crippen LogP contribution >= 0.6 is 11.6 Å². The number of halogens is 1. The van der Waals surface area contributed by atoms with Gasteiger partial charge in [0.1, 0.15) is 5.75 Å². The van der Waals surface area contributed by atoms with Gasteiger partial charge in [0.05, 0.1) is 16.4 Å². The van der Waals surface area contributed by atoms with Gasteiger partial charge in [0.2, 0.25) is 0 Å². The van der Waals surface area contributed by atoms with Crippen molar-refractivity contribution in [2.24, 2.45) is 5.92 Å². The molecule has 98 valence electrons. The number of hydrogen-bond donors (Lipinski definition) is 2. The van der Waals surface area contributed by atoms with E-state index in [1.165, 1.54) is 0 Å². The molecule has 1 aliphatic heterocycles. The largest absolute Gasteiger partial charge is 0.482 e. The number of ether oxygens (including phenoxy) is 1. The zero-order chi connectivity index (χ0) is 13.3. The first-order valence-electron chi connectivity index (χ1n) is 6.00. The van der Waals surface area contributed by atoms with E-state index in [2.05, 4.69) is 31.4 Å². The number of carbonyl (C=O) groups is 1. The summed E-state index contributed by atoms with van der Waals surface area (Å²) in [5.74, 6) is 0.991. The molecule has 1 unspecified atom stereocenters. The van der Waals surface area contributed by atoms with Crippen molar-refractivity contribution in [3.05, 3.63) is 17.2 Å². The average Bonchev–Trinajstić information content (AvgIpc) is 2.30. The van der Waals surface area contributed by atoms with E-state index in [1.807, 2.05) is 6.07 Å². The highest BCUT2D eigenvalue weighted by molar-refractivity contribution is 6.33. The average molecular weight is 269 g/mol. The Morgan fingerprint density at radius 2 is 2.11 bits per heavy atom. The third-order valence-corrected chi connectivity index (χ3v) is 3.40. The maximum absolute atomic E-state index is 11.2. The molecule has 0 saturated heterocycles. The van der Waals surface area contributed by atoms with Crippen LogP contribution in [0.1, 0.15) is 20.8 Å². The van der Waals surface area contributed by atoms with Crippen LogP contribution in [0.4, 0.5) is 11.4 Å². The van der Waals surface area contributed by atoms with Gasteiger partial charge in [-0.25, -0.2) is 0 Å². The zero-order valence-corrected chi connectivity index (χ0v) is 11.5. The lowest BCUT2D eigenvalue weighted by atomic mass is 10.1. The minimum atomic E-state index is -0.158. The summed E-state index contributed by atoms with van der Waals surface area (Å²) in [5, 5.41) is 6.65. The van der Waals surface area contributed by atoms with Crippen molar-refractivity contribution in [2.45, 2.75) is 26.8 Å². The molecule has 1 heterocycles. The summed E-state index contributed by atoms with van der Waals surface area (Å²) < 4.78 is 5.36. The SMILES string of the molecule is CC(C)C(C)Nc1cc2c(cc1Cl)NC(=O)CO2. The number of carbonyl (C=O) groups excluding carboxylic acids is 1. The van der Waals surface area contributed by atoms with Crippen LogP contribution in [0.3, 0.4) is 0 Å². The van der Waals surface area contributed by atoms with Crippen molar-refractivity contribution in [1.29, 1.82) is 0 Å². The Bertz CT molecular complexity index is 474. The Labute approximate surface area is 112 Å². The molecule has 1 atom stereocenters. The summed E-state index contributed by atoms with van der Waals surface area (Å²) in [6.07, 6.45) is 0. The second kappa shape index (κ2) is 5.06. The quantitative estimate of drug-likeness (QED) is 0.886. The smallest absolute Gasteiger partial charge is 0.262 e. The van der Waals surface area contributed by atoms with Crippen LogP contribution < -0.4 is 15.4 Å². The van der Waals surface area contributed by atoms with E-state index in [1.54, 1.807) is 6.07 Å². The van der Waals surface area contributed by atoms with Gasteiger partial charge < -0.3 is 15.4 Å². The molecular formula is C13H17ClN2O2. The molecule has 0 aliphatic carbocycles. The van der Waals surface area contributed by atoms with Gasteiger partial charge >= 0.3 is 0 Å². The van der Waals surface area contributed by atoms with Crippen LogP contribution in [0.2, 0.25) is 5.02 Å². The van der Waals surface area contributed by atoms with Gasteiger partial charge in [0.25, 0.3) is 5.91 Å². The molecule has 0 spiro atoms. The summed E-state index contributed by atoms with van der Waals surface area (Å²) >= 11 is 6.19. The number of amides is 1. The van der Waals surface area contributed by atoms with Gasteiger partial charge in [-0.2, -0.15) is 0 Å². The molecule has 0 aromatic heterocycles. The minimum Gasteiger partial charge on any atom is -0.482 e. The fourth-order valence-electron chi connectivity index (χ4n) is 1.62. The first-order chi connectivity index (χ1) is 8.47. The lowest BCUT2D eigenvalue weighted by Gasteiger charge is -2.23. The van der Waals surface area contributed by atoms with Crippen LogP contribution in [0.15, 0.2) is 12.1 Å². The Hall–Kier alpha value is -1.42. The van der Waals surface area contributed by atoms with E-state index >= 15 is 0 Å². The normalized spacial score (nSPS) is 15.7. The fraction of sp³-hybridized carbons (Fsp3) is 0.462. The monoisotopic (exact) mass is 268 g/mol. The van der Waals surface area contributed by atoms with Gasteiger partial charge in [-0.15, -0.1) is 0 Å². The molecule has 0 saturated carbocycles. The highest BCUT2D eigenvalue weighted by Crippen LogP contribution is 2.36. The van der Waals surface area contributed by atoms with Gasteiger partial charge in [-0.1, -0.05) is 25.4 Å². The molecule has 4 nitrogen and oxygen atoms in total. The number of nitrogens with one attached hydrogen (secondary N) is 2. The van der Waals surface area contributed by atoms with Gasteiger partial charge in [-0.05, 0) is 18.9 Å². The highest BCUT2D eigenvalue weighted by atomic mass is 35.5. The van der Waals surface area contributed by atoms with Crippen LogP contribution in [-0.2, 0) is 4.79 Å². The number of benzene rings is 1. The van der Waals surface area contributed by atoms with Gasteiger partial charge in [-0.3, -0.25) is 4.79 Å². The lowest BCUT2D eigenvalue weighted by Crippen LogP contribution is -2.26. The first kappa shape index (κ1) is 13.0. The summed E-state index contributed by atoms with van der Waals surface area (Å²) in [6, 6.07) is 3.85. The number of fused-ring (bicyclic) bond motifs is 1. The van der Waals surface area contributed by atoms with Gasteiger partial charge in [0.15, 0.2) is 6.61 Å². The molecule has 18 heavy (non-hydrogen) atoms. The third kappa shape index (κ3) is 2.70. The Morgan fingerprint density at radius 3 is 2.78 bits per heavy atom. The second-order valence-electron chi connectivity index (χ2n) is 4.84. The Balaban J connectivity index is 2.25. The molecule has 0 bridgehead atoms. The van der Waals surface area contributed by atoms with Crippen LogP contribution in [0, 0.1) is 5.92 Å². The Morgan fingerprint density at radius 1 is 1.39 bits per heavy atom.